The smallest absolute Gasteiger partial charge is 0.340 e. The van der Waals surface area contributed by atoms with E-state index in [2.05, 4.69) is 4.85 Å². The van der Waals surface area contributed by atoms with Crippen molar-refractivity contribution in [1.29, 1.82) is 0 Å². The summed E-state index contributed by atoms with van der Waals surface area (Å²) in [6, 6.07) is 3.68. The highest BCUT2D eigenvalue weighted by Crippen LogP contribution is 2.44. The van der Waals surface area contributed by atoms with E-state index < -0.39 is 5.97 Å². The minimum atomic E-state index is -0.519. The molecule has 2 heterocycles. The van der Waals surface area contributed by atoms with Crippen molar-refractivity contribution in [3.05, 3.63) is 35.3 Å². The number of aryl methyl sites for hydroxylation is 1. The van der Waals surface area contributed by atoms with Crippen LogP contribution in [0.2, 0.25) is 0 Å². The Bertz CT molecular complexity index is 649. The Balaban J connectivity index is 2.76. The third-order valence-electron chi connectivity index (χ3n) is 2.61. The van der Waals surface area contributed by atoms with Crippen LogP contribution in [-0.4, -0.2) is 17.6 Å². The number of nitrogens with two attached hydrogens (primary N) is 1. The van der Waals surface area contributed by atoms with Gasteiger partial charge in [-0.15, -0.1) is 11.3 Å². The van der Waals surface area contributed by atoms with Crippen LogP contribution < -0.4 is 5.73 Å². The van der Waals surface area contributed by atoms with Crippen molar-refractivity contribution >= 4 is 27.3 Å². The van der Waals surface area contributed by atoms with Crippen molar-refractivity contribution in [1.82, 2.24) is 4.57 Å². The van der Waals surface area contributed by atoms with Gasteiger partial charge in [-0.25, -0.2) is 9.64 Å². The second-order valence-corrected chi connectivity index (χ2v) is 4.66. The van der Waals surface area contributed by atoms with Gasteiger partial charge in [-0.1, -0.05) is 0 Å². The van der Waals surface area contributed by atoms with Gasteiger partial charge in [0.2, 0.25) is 0 Å². The lowest BCUT2D eigenvalue weighted by Gasteiger charge is -2.06. The topological polar surface area (TPSA) is 61.6 Å². The first-order valence-electron chi connectivity index (χ1n) is 5.09. The van der Waals surface area contributed by atoms with E-state index in [1.165, 1.54) is 7.11 Å². The normalized spacial score (nSPS) is 10.1. The monoisotopic (exact) mass is 261 g/mol. The van der Waals surface area contributed by atoms with Crippen LogP contribution in [0.15, 0.2) is 18.3 Å². The van der Waals surface area contributed by atoms with Crippen LogP contribution in [0, 0.1) is 6.57 Å². The molecule has 0 bridgehead atoms. The summed E-state index contributed by atoms with van der Waals surface area (Å²) in [7, 11) is 3.14. The molecule has 92 valence electrons. The third kappa shape index (κ3) is 1.75. The van der Waals surface area contributed by atoms with Gasteiger partial charge in [-0.3, -0.25) is 0 Å². The molecular formula is C12H11N3O2S. The molecule has 0 saturated heterocycles. The van der Waals surface area contributed by atoms with Gasteiger partial charge in [-0.2, -0.15) is 0 Å². The van der Waals surface area contributed by atoms with E-state index in [1.807, 2.05) is 29.9 Å². The number of nitrogens with zero attached hydrogens (tertiary/aromatic N) is 2. The van der Waals surface area contributed by atoms with Crippen LogP contribution in [0.5, 0.6) is 0 Å². The number of hydrogen-bond donors (Lipinski definition) is 1. The van der Waals surface area contributed by atoms with E-state index in [4.69, 9.17) is 17.0 Å². The number of esters is 1. The van der Waals surface area contributed by atoms with Gasteiger partial charge in [0.25, 0.3) is 5.00 Å². The molecule has 0 aliphatic carbocycles. The second-order valence-electron chi connectivity index (χ2n) is 3.63. The van der Waals surface area contributed by atoms with Gasteiger partial charge in [0.15, 0.2) is 0 Å². The number of thiophene rings is 1. The fourth-order valence-electron chi connectivity index (χ4n) is 1.78. The molecule has 0 fully saturated rings. The molecule has 0 saturated carbocycles. The fourth-order valence-corrected chi connectivity index (χ4v) is 2.63. The second kappa shape index (κ2) is 4.55. The Hall–Kier alpha value is -2.26. The number of rotatable bonds is 2. The molecule has 18 heavy (non-hydrogen) atoms. The Morgan fingerprint density at radius 3 is 2.83 bits per heavy atom. The summed E-state index contributed by atoms with van der Waals surface area (Å²) in [5.74, 6) is -0.519. The Morgan fingerprint density at radius 1 is 1.61 bits per heavy atom. The first-order valence-corrected chi connectivity index (χ1v) is 5.91. The predicted molar refractivity (Wildman–Crippen MR) is 70.7 cm³/mol. The summed E-state index contributed by atoms with van der Waals surface area (Å²) in [5, 5.41) is 0.707. The van der Waals surface area contributed by atoms with Gasteiger partial charge >= 0.3 is 5.97 Å². The molecular weight excluding hydrogens is 250 g/mol. The molecule has 0 aromatic carbocycles. The third-order valence-corrected chi connectivity index (χ3v) is 3.52. The molecule has 0 radical (unpaired) electrons. The van der Waals surface area contributed by atoms with Crippen LogP contribution in [0.25, 0.3) is 16.1 Å². The summed E-state index contributed by atoms with van der Waals surface area (Å²) in [4.78, 5) is 15.2. The number of nitrogen functional groups attached to an aromatic ring is 1. The number of carbonyl (C=O) groups is 1. The molecule has 6 heteroatoms. The lowest BCUT2D eigenvalue weighted by atomic mass is 10.1. The van der Waals surface area contributed by atoms with Crippen molar-refractivity contribution in [3.8, 4) is 11.3 Å². The fraction of sp³-hybridized carbons (Fsp3) is 0.167. The first-order chi connectivity index (χ1) is 8.60. The van der Waals surface area contributed by atoms with E-state index in [9.17, 15) is 4.79 Å². The summed E-state index contributed by atoms with van der Waals surface area (Å²) >= 11 is 1.10. The molecule has 0 unspecified atom stereocenters. The van der Waals surface area contributed by atoms with Crippen LogP contribution in [0.3, 0.4) is 0 Å². The zero-order valence-corrected chi connectivity index (χ0v) is 10.7. The van der Waals surface area contributed by atoms with Crippen molar-refractivity contribution < 1.29 is 9.53 Å². The van der Waals surface area contributed by atoms with E-state index in [0.717, 1.165) is 17.0 Å². The average molecular weight is 261 g/mol. The zero-order chi connectivity index (χ0) is 13.3. The molecule has 2 rings (SSSR count). The molecule has 2 aromatic heterocycles. The molecule has 0 amide bonds. The van der Waals surface area contributed by atoms with Gasteiger partial charge in [0.1, 0.15) is 0 Å². The summed E-state index contributed by atoms with van der Waals surface area (Å²) < 4.78 is 6.57. The molecule has 0 atom stereocenters. The van der Waals surface area contributed by atoms with Crippen molar-refractivity contribution in [2.24, 2.45) is 7.05 Å². The highest BCUT2D eigenvalue weighted by molar-refractivity contribution is 7.21. The van der Waals surface area contributed by atoms with Gasteiger partial charge in [0.05, 0.1) is 24.2 Å². The lowest BCUT2D eigenvalue weighted by molar-refractivity contribution is 0.0603. The quantitative estimate of drug-likeness (QED) is 0.667. The van der Waals surface area contributed by atoms with Crippen LogP contribution in [0.1, 0.15) is 10.4 Å². The van der Waals surface area contributed by atoms with E-state index in [0.29, 0.717) is 15.6 Å². The van der Waals surface area contributed by atoms with Gasteiger partial charge in [-0.05, 0) is 12.1 Å². The van der Waals surface area contributed by atoms with Crippen LogP contribution in [0.4, 0.5) is 10.0 Å². The molecule has 2 N–H and O–H groups in total. The number of ether oxygens (including phenoxy) is 1. The largest absolute Gasteiger partial charge is 0.465 e. The Labute approximate surface area is 108 Å². The number of anilines is 1. The van der Waals surface area contributed by atoms with Crippen LogP contribution in [-0.2, 0) is 11.8 Å². The number of methoxy groups -OCH3 is 1. The van der Waals surface area contributed by atoms with Gasteiger partial charge in [0, 0.05) is 24.5 Å². The Morgan fingerprint density at radius 2 is 2.33 bits per heavy atom. The average Bonchev–Trinajstić information content (AvgIpc) is 2.91. The van der Waals surface area contributed by atoms with Crippen molar-refractivity contribution in [3.63, 3.8) is 0 Å². The number of hydrogen-bond acceptors (Lipinski definition) is 4. The summed E-state index contributed by atoms with van der Waals surface area (Å²) in [6.07, 6.45) is 1.85. The van der Waals surface area contributed by atoms with Gasteiger partial charge < -0.3 is 15.0 Å². The van der Waals surface area contributed by atoms with Crippen molar-refractivity contribution in [2.45, 2.75) is 0 Å². The highest BCUT2D eigenvalue weighted by Gasteiger charge is 2.25. The minimum Gasteiger partial charge on any atom is -0.465 e. The molecule has 0 aliphatic rings. The summed E-state index contributed by atoms with van der Waals surface area (Å²) in [5.41, 5.74) is 7.41. The number of carbonyl (C=O) groups excluding carboxylic acids is 1. The Kier molecular flexibility index (Phi) is 3.08. The molecule has 2 aromatic rings. The minimum absolute atomic E-state index is 0.273. The highest BCUT2D eigenvalue weighted by atomic mass is 32.1. The summed E-state index contributed by atoms with van der Waals surface area (Å²) in [6.45, 7) is 7.18. The SMILES string of the molecule is [C-]#[N+]c1sc(N)c(C(=O)OC)c1-c1cccn1C. The number of aromatic nitrogens is 1. The zero-order valence-electron chi connectivity index (χ0n) is 9.93. The van der Waals surface area contributed by atoms with E-state index >= 15 is 0 Å². The van der Waals surface area contributed by atoms with E-state index in [-0.39, 0.29) is 5.56 Å². The van der Waals surface area contributed by atoms with Crippen LogP contribution >= 0.6 is 11.3 Å². The molecule has 0 spiro atoms. The molecule has 0 aliphatic heterocycles. The standard InChI is InChI=1S/C12H11N3O2S/c1-14-11-8(7-5-4-6-15(7)2)9(10(13)18-11)12(16)17-3/h4-6H,13H2,2-3H3. The predicted octanol–water partition coefficient (Wildman–Crippen LogP) is 2.67. The maximum atomic E-state index is 11.8. The van der Waals surface area contributed by atoms with Crippen molar-refractivity contribution in [2.75, 3.05) is 12.8 Å². The lowest BCUT2D eigenvalue weighted by Crippen LogP contribution is -2.05. The first kappa shape index (κ1) is 12.2. The molecule has 5 nitrogen and oxygen atoms in total. The maximum absolute atomic E-state index is 11.8. The maximum Gasteiger partial charge on any atom is 0.340 e. The van der Waals surface area contributed by atoms with E-state index in [1.54, 1.807) is 0 Å².